The Morgan fingerprint density at radius 2 is 2.04 bits per heavy atom. The molecule has 0 bridgehead atoms. The van der Waals surface area contributed by atoms with E-state index < -0.39 is 0 Å². The Kier molecular flexibility index (Phi) is 5.74. The highest BCUT2D eigenvalue weighted by molar-refractivity contribution is 9.10. The highest BCUT2D eigenvalue weighted by atomic mass is 79.9. The van der Waals surface area contributed by atoms with E-state index in [1.165, 1.54) is 6.42 Å². The topological polar surface area (TPSA) is 32.3 Å². The van der Waals surface area contributed by atoms with Gasteiger partial charge < -0.3 is 10.2 Å². The molecule has 2 aromatic rings. The largest absolute Gasteiger partial charge is 0.351 e. The Bertz CT molecular complexity index is 696. The van der Waals surface area contributed by atoms with Gasteiger partial charge in [-0.05, 0) is 62.6 Å². The third kappa shape index (κ3) is 4.26. The maximum atomic E-state index is 12.4. The van der Waals surface area contributed by atoms with E-state index in [4.69, 9.17) is 0 Å². The summed E-state index contributed by atoms with van der Waals surface area (Å²) in [7, 11) is 0. The van der Waals surface area contributed by atoms with Crippen molar-refractivity contribution in [2.75, 3.05) is 19.6 Å². The average molecular weight is 407 g/mol. The van der Waals surface area contributed by atoms with Crippen LogP contribution in [0, 0.1) is 5.92 Å². The molecule has 128 valence electrons. The van der Waals surface area contributed by atoms with Gasteiger partial charge in [0.15, 0.2) is 0 Å². The summed E-state index contributed by atoms with van der Waals surface area (Å²) < 4.78 is 1.06. The number of carbonyl (C=O) groups is 1. The van der Waals surface area contributed by atoms with Crippen LogP contribution in [-0.4, -0.2) is 36.5 Å². The maximum absolute atomic E-state index is 12.4. The Morgan fingerprint density at radius 1 is 1.29 bits per heavy atom. The predicted octanol–water partition coefficient (Wildman–Crippen LogP) is 4.64. The minimum Gasteiger partial charge on any atom is -0.351 e. The van der Waals surface area contributed by atoms with Gasteiger partial charge >= 0.3 is 0 Å². The van der Waals surface area contributed by atoms with Gasteiger partial charge in [0.2, 0.25) is 0 Å². The van der Waals surface area contributed by atoms with Crippen molar-refractivity contribution in [3.05, 3.63) is 45.7 Å². The van der Waals surface area contributed by atoms with E-state index in [9.17, 15) is 4.79 Å². The molecule has 3 rings (SSSR count). The van der Waals surface area contributed by atoms with Gasteiger partial charge in [-0.2, -0.15) is 0 Å². The summed E-state index contributed by atoms with van der Waals surface area (Å²) in [4.78, 5) is 16.8. The van der Waals surface area contributed by atoms with Crippen LogP contribution in [0.3, 0.4) is 0 Å². The monoisotopic (exact) mass is 406 g/mol. The van der Waals surface area contributed by atoms with Crippen molar-refractivity contribution in [1.82, 2.24) is 10.2 Å². The maximum Gasteiger partial charge on any atom is 0.261 e. The molecule has 24 heavy (non-hydrogen) atoms. The number of nitrogens with one attached hydrogen (secondary N) is 1. The lowest BCUT2D eigenvalue weighted by Crippen LogP contribution is -2.32. The minimum atomic E-state index is 0.0476. The summed E-state index contributed by atoms with van der Waals surface area (Å²) in [6.07, 6.45) is 1.17. The Hall–Kier alpha value is -1.17. The molecule has 1 N–H and O–H groups in total. The predicted molar refractivity (Wildman–Crippen MR) is 105 cm³/mol. The third-order valence-electron chi connectivity index (χ3n) is 4.56. The van der Waals surface area contributed by atoms with Crippen molar-refractivity contribution in [2.45, 2.75) is 26.3 Å². The van der Waals surface area contributed by atoms with Crippen LogP contribution in [0.15, 0.2) is 40.9 Å². The molecule has 1 unspecified atom stereocenters. The molecule has 1 aliphatic heterocycles. The van der Waals surface area contributed by atoms with Crippen LogP contribution in [0.25, 0.3) is 10.4 Å². The van der Waals surface area contributed by atoms with E-state index >= 15 is 0 Å². The minimum absolute atomic E-state index is 0.0476. The van der Waals surface area contributed by atoms with Gasteiger partial charge in [0.05, 0.1) is 4.88 Å². The number of halogens is 1. The Morgan fingerprint density at radius 3 is 2.71 bits per heavy atom. The van der Waals surface area contributed by atoms with Gasteiger partial charge in [-0.3, -0.25) is 4.79 Å². The van der Waals surface area contributed by atoms with Crippen LogP contribution in [-0.2, 0) is 0 Å². The molecule has 0 saturated carbocycles. The summed E-state index contributed by atoms with van der Waals surface area (Å²) >= 11 is 5.00. The first-order valence-electron chi connectivity index (χ1n) is 8.41. The van der Waals surface area contributed by atoms with Crippen LogP contribution in [0.2, 0.25) is 0 Å². The molecule has 5 heteroatoms. The summed E-state index contributed by atoms with van der Waals surface area (Å²) in [5.74, 6) is 0.619. The fraction of sp³-hybridized carbons (Fsp3) is 0.421. The zero-order valence-electron chi connectivity index (χ0n) is 14.1. The van der Waals surface area contributed by atoms with Crippen LogP contribution in [0.4, 0.5) is 0 Å². The highest BCUT2D eigenvalue weighted by Crippen LogP contribution is 2.29. The van der Waals surface area contributed by atoms with E-state index in [0.717, 1.165) is 39.4 Å². The van der Waals surface area contributed by atoms with E-state index in [1.807, 2.05) is 24.3 Å². The van der Waals surface area contributed by atoms with Crippen molar-refractivity contribution in [1.29, 1.82) is 0 Å². The number of nitrogens with zero attached hydrogens (tertiary/aromatic N) is 1. The number of likely N-dealkylation sites (tertiary alicyclic amines) is 1. The van der Waals surface area contributed by atoms with Crippen molar-refractivity contribution in [3.63, 3.8) is 0 Å². The molecule has 0 aliphatic carbocycles. The number of hydrogen-bond donors (Lipinski definition) is 1. The fourth-order valence-corrected chi connectivity index (χ4v) is 4.24. The number of benzene rings is 1. The SMILES string of the molecule is CC(C)N1CCC(CNC(=O)c2ccc(-c3ccc(Br)cc3)s2)C1. The van der Waals surface area contributed by atoms with Gasteiger partial charge in [0.1, 0.15) is 0 Å². The summed E-state index contributed by atoms with van der Waals surface area (Å²) in [5.41, 5.74) is 1.14. The van der Waals surface area contributed by atoms with Crippen LogP contribution in [0.5, 0.6) is 0 Å². The molecule has 1 atom stereocenters. The van der Waals surface area contributed by atoms with Gasteiger partial charge in [-0.1, -0.05) is 28.1 Å². The molecule has 1 amide bonds. The number of rotatable bonds is 5. The zero-order chi connectivity index (χ0) is 17.1. The number of hydrogen-bond acceptors (Lipinski definition) is 3. The number of thiophene rings is 1. The lowest BCUT2D eigenvalue weighted by molar-refractivity contribution is 0.0951. The van der Waals surface area contributed by atoms with E-state index in [1.54, 1.807) is 11.3 Å². The second kappa shape index (κ2) is 7.81. The fourth-order valence-electron chi connectivity index (χ4n) is 3.05. The third-order valence-corrected chi connectivity index (χ3v) is 6.22. The van der Waals surface area contributed by atoms with Gasteiger partial charge in [-0.25, -0.2) is 0 Å². The Balaban J connectivity index is 1.55. The standard InChI is InChI=1S/C19H23BrN2OS/c1-13(2)22-10-9-14(12-22)11-21-19(23)18-8-7-17(24-18)15-3-5-16(20)6-4-15/h3-8,13-14H,9-12H2,1-2H3,(H,21,23). The van der Waals surface area contributed by atoms with E-state index in [-0.39, 0.29) is 5.91 Å². The van der Waals surface area contributed by atoms with Crippen molar-refractivity contribution >= 4 is 33.2 Å². The molecule has 3 nitrogen and oxygen atoms in total. The lowest BCUT2D eigenvalue weighted by Gasteiger charge is -2.20. The molecular weight excluding hydrogens is 384 g/mol. The summed E-state index contributed by atoms with van der Waals surface area (Å²) in [5, 5.41) is 3.11. The summed E-state index contributed by atoms with van der Waals surface area (Å²) in [6, 6.07) is 12.7. The molecule has 1 aromatic heterocycles. The van der Waals surface area contributed by atoms with E-state index in [2.05, 4.69) is 52.1 Å². The van der Waals surface area contributed by atoms with Crippen LogP contribution < -0.4 is 5.32 Å². The second-order valence-electron chi connectivity index (χ2n) is 6.62. The van der Waals surface area contributed by atoms with Gasteiger partial charge in [0, 0.05) is 28.5 Å². The number of amides is 1. The number of carbonyl (C=O) groups excluding carboxylic acids is 1. The van der Waals surface area contributed by atoms with Gasteiger partial charge in [0.25, 0.3) is 5.91 Å². The first kappa shape index (κ1) is 17.6. The average Bonchev–Trinajstić information content (AvgIpc) is 3.23. The normalized spacial score (nSPS) is 18.2. The molecule has 2 heterocycles. The van der Waals surface area contributed by atoms with E-state index in [0.29, 0.717) is 12.0 Å². The van der Waals surface area contributed by atoms with Gasteiger partial charge in [-0.15, -0.1) is 11.3 Å². The molecular formula is C19H23BrN2OS. The molecule has 1 saturated heterocycles. The van der Waals surface area contributed by atoms with Crippen LogP contribution in [0.1, 0.15) is 29.9 Å². The second-order valence-corrected chi connectivity index (χ2v) is 8.62. The highest BCUT2D eigenvalue weighted by Gasteiger charge is 2.24. The summed E-state index contributed by atoms with van der Waals surface area (Å²) in [6.45, 7) is 7.47. The molecule has 0 radical (unpaired) electrons. The molecule has 1 aromatic carbocycles. The zero-order valence-corrected chi connectivity index (χ0v) is 16.5. The lowest BCUT2D eigenvalue weighted by atomic mass is 10.1. The smallest absolute Gasteiger partial charge is 0.261 e. The first-order valence-corrected chi connectivity index (χ1v) is 10.0. The van der Waals surface area contributed by atoms with Crippen LogP contribution >= 0.6 is 27.3 Å². The van der Waals surface area contributed by atoms with Crippen molar-refractivity contribution in [3.8, 4) is 10.4 Å². The molecule has 1 fully saturated rings. The molecule has 1 aliphatic rings. The van der Waals surface area contributed by atoms with Crippen molar-refractivity contribution in [2.24, 2.45) is 5.92 Å². The quantitative estimate of drug-likeness (QED) is 0.784. The first-order chi connectivity index (χ1) is 11.5. The molecule has 0 spiro atoms. The van der Waals surface area contributed by atoms with Crippen molar-refractivity contribution < 1.29 is 4.79 Å². The Labute approximate surface area is 156 Å².